The number of ether oxygens (including phenoxy) is 2. The fourth-order valence-corrected chi connectivity index (χ4v) is 4.06. The molecule has 0 bridgehead atoms. The predicted octanol–water partition coefficient (Wildman–Crippen LogP) is 4.90. The molecule has 2 aromatic carbocycles. The van der Waals surface area contributed by atoms with E-state index >= 15 is 0 Å². The molecule has 8 heteroatoms. The number of anilines is 1. The average molecular weight is 520 g/mol. The summed E-state index contributed by atoms with van der Waals surface area (Å²) in [6.45, 7) is 8.97. The fraction of sp³-hybridized carbons (Fsp3) is 0.433. The van der Waals surface area contributed by atoms with Crippen LogP contribution in [0.2, 0.25) is 0 Å². The van der Waals surface area contributed by atoms with Gasteiger partial charge in [-0.15, -0.1) is 6.42 Å². The first kappa shape index (κ1) is 28.6. The minimum atomic E-state index is -0.939. The third-order valence-electron chi connectivity index (χ3n) is 6.08. The number of terminal acetylenes is 1. The predicted molar refractivity (Wildman–Crippen MR) is 147 cm³/mol. The number of nitrogens with zero attached hydrogens (tertiary/aromatic N) is 1. The quantitative estimate of drug-likeness (QED) is 0.460. The van der Waals surface area contributed by atoms with E-state index < -0.39 is 23.8 Å². The normalized spacial score (nSPS) is 14.6. The van der Waals surface area contributed by atoms with Gasteiger partial charge < -0.3 is 25.0 Å². The van der Waals surface area contributed by atoms with Gasteiger partial charge in [-0.25, -0.2) is 4.79 Å². The number of rotatable bonds is 9. The number of benzene rings is 2. The second-order valence-electron chi connectivity index (χ2n) is 10.7. The summed E-state index contributed by atoms with van der Waals surface area (Å²) in [6.07, 6.45) is 6.38. The van der Waals surface area contributed by atoms with Gasteiger partial charge in [-0.1, -0.05) is 31.9 Å². The Morgan fingerprint density at radius 1 is 1.03 bits per heavy atom. The van der Waals surface area contributed by atoms with Gasteiger partial charge in [-0.3, -0.25) is 9.59 Å². The van der Waals surface area contributed by atoms with Gasteiger partial charge in [0.15, 0.2) is 0 Å². The summed E-state index contributed by atoms with van der Waals surface area (Å²) in [7, 11) is 1.57. The number of amides is 3. The van der Waals surface area contributed by atoms with Crippen molar-refractivity contribution in [1.82, 2.24) is 10.2 Å². The van der Waals surface area contributed by atoms with Crippen molar-refractivity contribution in [2.75, 3.05) is 12.4 Å². The van der Waals surface area contributed by atoms with Gasteiger partial charge in [0, 0.05) is 17.3 Å². The zero-order chi connectivity index (χ0) is 28.0. The highest BCUT2D eigenvalue weighted by Crippen LogP contribution is 2.37. The molecular weight excluding hydrogens is 482 g/mol. The van der Waals surface area contributed by atoms with Gasteiger partial charge >= 0.3 is 6.09 Å². The maximum atomic E-state index is 14.1. The molecule has 1 saturated carbocycles. The van der Waals surface area contributed by atoms with Gasteiger partial charge in [0.2, 0.25) is 5.91 Å². The Balaban J connectivity index is 1.97. The lowest BCUT2D eigenvalue weighted by molar-refractivity contribution is -0.142. The lowest BCUT2D eigenvalue weighted by atomic mass is 9.98. The standard InChI is InChI=1S/C30H37N3O5/c1-8-20-9-11-21(12-10-20)26(27(34)31-22-13-17-24(37-7)18-14-22)33(23-15-16-23)28(35)25(19(2)3)32-29(36)38-30(4,5)6/h1,9-14,17-19,23,25-26H,15-16H2,2-7H3,(H,31,34)(H,32,36). The van der Waals surface area contributed by atoms with Crippen LogP contribution in [0.15, 0.2) is 48.5 Å². The van der Waals surface area contributed by atoms with Crippen molar-refractivity contribution in [2.45, 2.75) is 71.2 Å². The Bertz CT molecular complexity index is 1170. The molecular formula is C30H37N3O5. The van der Waals surface area contributed by atoms with Crippen molar-refractivity contribution in [2.24, 2.45) is 5.92 Å². The van der Waals surface area contributed by atoms with Crippen LogP contribution in [-0.4, -0.2) is 47.6 Å². The van der Waals surface area contributed by atoms with Gasteiger partial charge in [0.05, 0.1) is 7.11 Å². The van der Waals surface area contributed by atoms with E-state index in [9.17, 15) is 14.4 Å². The number of alkyl carbamates (subject to hydrolysis) is 1. The van der Waals surface area contributed by atoms with Crippen molar-refractivity contribution in [3.8, 4) is 18.1 Å². The van der Waals surface area contributed by atoms with Crippen molar-refractivity contribution in [3.63, 3.8) is 0 Å². The average Bonchev–Trinajstić information content (AvgIpc) is 3.70. The molecule has 202 valence electrons. The Morgan fingerprint density at radius 3 is 2.11 bits per heavy atom. The van der Waals surface area contributed by atoms with E-state index in [4.69, 9.17) is 15.9 Å². The number of carbonyl (C=O) groups is 3. The van der Waals surface area contributed by atoms with Crippen molar-refractivity contribution in [3.05, 3.63) is 59.7 Å². The van der Waals surface area contributed by atoms with E-state index in [-0.39, 0.29) is 23.8 Å². The highest BCUT2D eigenvalue weighted by atomic mass is 16.6. The zero-order valence-corrected chi connectivity index (χ0v) is 22.9. The van der Waals surface area contributed by atoms with Crippen LogP contribution in [0.1, 0.15) is 64.6 Å². The lowest BCUT2D eigenvalue weighted by Gasteiger charge is -2.35. The second-order valence-corrected chi connectivity index (χ2v) is 10.7. The lowest BCUT2D eigenvalue weighted by Crippen LogP contribution is -2.55. The number of methoxy groups -OCH3 is 1. The first-order chi connectivity index (χ1) is 17.9. The monoisotopic (exact) mass is 519 g/mol. The summed E-state index contributed by atoms with van der Waals surface area (Å²) in [5.41, 5.74) is 1.13. The van der Waals surface area contributed by atoms with Gasteiger partial charge in [-0.05, 0) is 81.5 Å². The minimum absolute atomic E-state index is 0.136. The van der Waals surface area contributed by atoms with Crippen LogP contribution < -0.4 is 15.4 Å². The summed E-state index contributed by atoms with van der Waals surface area (Å²) in [6, 6.07) is 12.0. The summed E-state index contributed by atoms with van der Waals surface area (Å²) in [4.78, 5) is 42.1. The molecule has 0 aliphatic heterocycles. The molecule has 3 amide bonds. The SMILES string of the molecule is C#Cc1ccc(C(C(=O)Nc2ccc(OC)cc2)N(C(=O)C(NC(=O)OC(C)(C)C)C(C)C)C2CC2)cc1. The number of hydrogen-bond donors (Lipinski definition) is 2. The van der Waals surface area contributed by atoms with Crippen molar-refractivity contribution < 1.29 is 23.9 Å². The smallest absolute Gasteiger partial charge is 0.408 e. The van der Waals surface area contributed by atoms with Gasteiger partial charge in [-0.2, -0.15) is 0 Å². The van der Waals surface area contributed by atoms with E-state index in [2.05, 4.69) is 16.6 Å². The summed E-state index contributed by atoms with van der Waals surface area (Å²) in [5, 5.41) is 5.67. The Labute approximate surface area is 225 Å². The molecule has 0 heterocycles. The summed E-state index contributed by atoms with van der Waals surface area (Å²) < 4.78 is 10.6. The van der Waals surface area contributed by atoms with Crippen LogP contribution in [-0.2, 0) is 14.3 Å². The molecule has 2 atom stereocenters. The summed E-state index contributed by atoms with van der Waals surface area (Å²) in [5.74, 6) is 2.28. The van der Waals surface area contributed by atoms with Gasteiger partial charge in [0.25, 0.3) is 5.91 Å². The number of hydrogen-bond acceptors (Lipinski definition) is 5. The molecule has 0 radical (unpaired) electrons. The molecule has 0 saturated heterocycles. The molecule has 3 rings (SSSR count). The minimum Gasteiger partial charge on any atom is -0.497 e. The molecule has 1 fully saturated rings. The fourth-order valence-electron chi connectivity index (χ4n) is 4.06. The van der Waals surface area contributed by atoms with Crippen LogP contribution in [0.3, 0.4) is 0 Å². The first-order valence-corrected chi connectivity index (χ1v) is 12.8. The highest BCUT2D eigenvalue weighted by Gasteiger charge is 2.44. The number of carbonyl (C=O) groups excluding carboxylic acids is 3. The number of nitrogens with one attached hydrogen (secondary N) is 2. The third kappa shape index (κ3) is 7.51. The molecule has 1 aliphatic carbocycles. The Hall–Kier alpha value is -3.99. The molecule has 38 heavy (non-hydrogen) atoms. The van der Waals surface area contributed by atoms with Gasteiger partial charge in [0.1, 0.15) is 23.4 Å². The maximum absolute atomic E-state index is 14.1. The molecule has 2 aromatic rings. The van der Waals surface area contributed by atoms with E-state index in [1.54, 1.807) is 81.3 Å². The topological polar surface area (TPSA) is 97.0 Å². The van der Waals surface area contributed by atoms with Crippen LogP contribution in [0.4, 0.5) is 10.5 Å². The van der Waals surface area contributed by atoms with E-state index in [0.29, 0.717) is 22.6 Å². The van der Waals surface area contributed by atoms with Crippen LogP contribution >= 0.6 is 0 Å². The van der Waals surface area contributed by atoms with Crippen LogP contribution in [0.5, 0.6) is 5.75 Å². The largest absolute Gasteiger partial charge is 0.497 e. The van der Waals surface area contributed by atoms with Crippen LogP contribution in [0.25, 0.3) is 0 Å². The molecule has 2 N–H and O–H groups in total. The van der Waals surface area contributed by atoms with E-state index in [1.165, 1.54) is 0 Å². The second kappa shape index (κ2) is 12.0. The molecule has 8 nitrogen and oxygen atoms in total. The van der Waals surface area contributed by atoms with E-state index in [1.807, 2.05) is 13.8 Å². The van der Waals surface area contributed by atoms with Crippen LogP contribution in [0, 0.1) is 18.3 Å². The Morgan fingerprint density at radius 2 is 1.63 bits per heavy atom. The zero-order valence-electron chi connectivity index (χ0n) is 22.9. The Kier molecular flexibility index (Phi) is 9.05. The molecule has 1 aliphatic rings. The first-order valence-electron chi connectivity index (χ1n) is 12.8. The maximum Gasteiger partial charge on any atom is 0.408 e. The summed E-state index contributed by atoms with van der Waals surface area (Å²) >= 11 is 0. The van der Waals surface area contributed by atoms with Crippen molar-refractivity contribution >= 4 is 23.6 Å². The molecule has 0 spiro atoms. The molecule has 2 unspecified atom stereocenters. The highest BCUT2D eigenvalue weighted by molar-refractivity contribution is 5.99. The third-order valence-corrected chi connectivity index (χ3v) is 6.08. The molecule has 0 aromatic heterocycles. The van der Waals surface area contributed by atoms with Crippen molar-refractivity contribution in [1.29, 1.82) is 0 Å². The van der Waals surface area contributed by atoms with E-state index in [0.717, 1.165) is 12.8 Å².